The number of aromatic nitrogens is 1. The number of thiazole rings is 1. The molecule has 2 nitrogen and oxygen atoms in total. The Hall–Kier alpha value is -0.710. The molecule has 0 bridgehead atoms. The van der Waals surface area contributed by atoms with E-state index in [9.17, 15) is 0 Å². The monoisotopic (exact) mass is 366 g/mol. The van der Waals surface area contributed by atoms with Crippen molar-refractivity contribution in [2.75, 3.05) is 13.1 Å². The molecule has 0 saturated carbocycles. The average molecular weight is 367 g/mol. The van der Waals surface area contributed by atoms with Crippen molar-refractivity contribution in [3.63, 3.8) is 0 Å². The van der Waals surface area contributed by atoms with Gasteiger partial charge in [0, 0.05) is 15.5 Å². The lowest BCUT2D eigenvalue weighted by Gasteiger charge is -2.18. The first-order valence-corrected chi connectivity index (χ1v) is 9.13. The van der Waals surface area contributed by atoms with Gasteiger partial charge in [-0.25, -0.2) is 0 Å². The van der Waals surface area contributed by atoms with Gasteiger partial charge >= 0.3 is 0 Å². The Kier molecular flexibility index (Phi) is 6.87. The largest absolute Gasteiger partial charge is 0.316 e. The Bertz CT molecular complexity index is 525. The molecule has 1 heterocycles. The molecule has 1 aromatic heterocycles. The number of nitrogens with zero attached hydrogens (tertiary/aromatic N) is 1. The van der Waals surface area contributed by atoms with Crippen LogP contribution in [0.4, 0.5) is 0 Å². The third-order valence-electron chi connectivity index (χ3n) is 3.37. The Labute approximate surface area is 140 Å². The molecule has 1 atom stereocenters. The van der Waals surface area contributed by atoms with Crippen LogP contribution in [0.1, 0.15) is 24.3 Å². The van der Waals surface area contributed by atoms with Gasteiger partial charge in [0.05, 0.1) is 5.51 Å². The van der Waals surface area contributed by atoms with Crippen LogP contribution in [0, 0.1) is 11.8 Å². The van der Waals surface area contributed by atoms with E-state index >= 15 is 0 Å². The summed E-state index contributed by atoms with van der Waals surface area (Å²) in [6.45, 7) is 6.64. The quantitative estimate of drug-likeness (QED) is 0.740. The maximum Gasteiger partial charge on any atom is 0.0794 e. The predicted octanol–water partition coefficient (Wildman–Crippen LogP) is 4.55. The normalized spacial score (nSPS) is 12.8. The molecule has 0 saturated heterocycles. The molecule has 0 fully saturated rings. The number of benzene rings is 1. The van der Waals surface area contributed by atoms with Crippen molar-refractivity contribution in [2.24, 2.45) is 11.8 Å². The molecule has 2 rings (SSSR count). The lowest BCUT2D eigenvalue weighted by atomic mass is 9.95. The second kappa shape index (κ2) is 8.66. The summed E-state index contributed by atoms with van der Waals surface area (Å²) in [4.78, 5) is 5.57. The summed E-state index contributed by atoms with van der Waals surface area (Å²) < 4.78 is 1.16. The third kappa shape index (κ3) is 6.29. The first-order chi connectivity index (χ1) is 10.1. The second-order valence-electron chi connectivity index (χ2n) is 5.92. The Balaban J connectivity index is 1.96. The van der Waals surface area contributed by atoms with Gasteiger partial charge in [0.1, 0.15) is 0 Å². The molecule has 0 aliphatic carbocycles. The summed E-state index contributed by atoms with van der Waals surface area (Å²) in [6.07, 6.45) is 4.20. The van der Waals surface area contributed by atoms with Crippen LogP contribution >= 0.6 is 27.3 Å². The zero-order valence-electron chi connectivity index (χ0n) is 12.7. The first-order valence-electron chi connectivity index (χ1n) is 7.46. The standard InChI is InChI=1S/C17H23BrN2S/c1-13(2)9-19-10-15(8-17-11-20-12-21-17)6-14-4-3-5-16(18)7-14/h3-5,7,11-13,15,19H,6,8-10H2,1-2H3. The molecule has 0 aliphatic rings. The number of rotatable bonds is 8. The van der Waals surface area contributed by atoms with Crippen molar-refractivity contribution in [3.05, 3.63) is 50.9 Å². The van der Waals surface area contributed by atoms with E-state index in [0.717, 1.165) is 30.4 Å². The topological polar surface area (TPSA) is 24.9 Å². The molecule has 1 aromatic carbocycles. The third-order valence-corrected chi connectivity index (χ3v) is 4.67. The van der Waals surface area contributed by atoms with Crippen LogP contribution in [0.2, 0.25) is 0 Å². The molecular weight excluding hydrogens is 344 g/mol. The first kappa shape index (κ1) is 16.7. The summed E-state index contributed by atoms with van der Waals surface area (Å²) in [5, 5.41) is 3.60. The summed E-state index contributed by atoms with van der Waals surface area (Å²) in [6, 6.07) is 8.64. The molecule has 114 valence electrons. The minimum atomic E-state index is 0.610. The van der Waals surface area contributed by atoms with Gasteiger partial charge in [-0.15, -0.1) is 11.3 Å². The van der Waals surface area contributed by atoms with Crippen molar-refractivity contribution in [1.29, 1.82) is 0 Å². The molecule has 2 aromatic rings. The molecule has 21 heavy (non-hydrogen) atoms. The molecule has 1 N–H and O–H groups in total. The van der Waals surface area contributed by atoms with Crippen molar-refractivity contribution in [2.45, 2.75) is 26.7 Å². The second-order valence-corrected chi connectivity index (χ2v) is 7.81. The summed E-state index contributed by atoms with van der Waals surface area (Å²) >= 11 is 5.32. The number of halogens is 1. The van der Waals surface area contributed by atoms with Crippen LogP contribution in [-0.2, 0) is 12.8 Å². The smallest absolute Gasteiger partial charge is 0.0794 e. The highest BCUT2D eigenvalue weighted by Crippen LogP contribution is 2.19. The van der Waals surface area contributed by atoms with Crippen molar-refractivity contribution in [1.82, 2.24) is 10.3 Å². The van der Waals surface area contributed by atoms with Gasteiger partial charge in [0.25, 0.3) is 0 Å². The van der Waals surface area contributed by atoms with Gasteiger partial charge in [-0.3, -0.25) is 4.98 Å². The van der Waals surface area contributed by atoms with Gasteiger partial charge in [0.15, 0.2) is 0 Å². The lowest BCUT2D eigenvalue weighted by Crippen LogP contribution is -2.28. The van der Waals surface area contributed by atoms with E-state index in [2.05, 4.69) is 64.3 Å². The van der Waals surface area contributed by atoms with Crippen LogP contribution in [-0.4, -0.2) is 18.1 Å². The molecule has 1 unspecified atom stereocenters. The predicted molar refractivity (Wildman–Crippen MR) is 94.9 cm³/mol. The van der Waals surface area contributed by atoms with E-state index in [1.807, 2.05) is 11.7 Å². The van der Waals surface area contributed by atoms with E-state index in [1.165, 1.54) is 10.4 Å². The fraction of sp³-hybridized carbons (Fsp3) is 0.471. The zero-order valence-corrected chi connectivity index (χ0v) is 15.1. The summed E-state index contributed by atoms with van der Waals surface area (Å²) in [5.41, 5.74) is 3.32. The molecular formula is C17H23BrN2S. The molecule has 0 amide bonds. The maximum atomic E-state index is 4.20. The van der Waals surface area contributed by atoms with Crippen LogP contribution in [0.15, 0.2) is 40.4 Å². The van der Waals surface area contributed by atoms with Crippen LogP contribution in [0.5, 0.6) is 0 Å². The van der Waals surface area contributed by atoms with Gasteiger partial charge in [0.2, 0.25) is 0 Å². The van der Waals surface area contributed by atoms with E-state index < -0.39 is 0 Å². The highest BCUT2D eigenvalue weighted by atomic mass is 79.9. The number of hydrogen-bond acceptors (Lipinski definition) is 3. The van der Waals surface area contributed by atoms with Gasteiger partial charge in [-0.1, -0.05) is 41.9 Å². The summed E-state index contributed by atoms with van der Waals surface area (Å²) in [7, 11) is 0. The van der Waals surface area contributed by atoms with Gasteiger partial charge in [-0.2, -0.15) is 0 Å². The molecule has 4 heteroatoms. The molecule has 0 spiro atoms. The fourth-order valence-corrected chi connectivity index (χ4v) is 3.57. The Morgan fingerprint density at radius 2 is 2.10 bits per heavy atom. The van der Waals surface area contributed by atoms with Crippen molar-refractivity contribution < 1.29 is 0 Å². The van der Waals surface area contributed by atoms with Gasteiger partial charge in [-0.05, 0) is 55.5 Å². The summed E-state index contributed by atoms with van der Waals surface area (Å²) in [5.74, 6) is 1.30. The Morgan fingerprint density at radius 1 is 1.24 bits per heavy atom. The maximum absolute atomic E-state index is 4.20. The SMILES string of the molecule is CC(C)CNCC(Cc1cccc(Br)c1)Cc1cncs1. The van der Waals surface area contributed by atoms with E-state index in [-0.39, 0.29) is 0 Å². The number of nitrogens with one attached hydrogen (secondary N) is 1. The zero-order chi connectivity index (χ0) is 15.1. The average Bonchev–Trinajstić information content (AvgIpc) is 2.91. The molecule has 0 radical (unpaired) electrons. The Morgan fingerprint density at radius 3 is 2.76 bits per heavy atom. The van der Waals surface area contributed by atoms with Crippen molar-refractivity contribution in [3.8, 4) is 0 Å². The molecule has 0 aliphatic heterocycles. The number of hydrogen-bond donors (Lipinski definition) is 1. The lowest BCUT2D eigenvalue weighted by molar-refractivity contribution is 0.447. The highest BCUT2D eigenvalue weighted by molar-refractivity contribution is 9.10. The van der Waals surface area contributed by atoms with Crippen molar-refractivity contribution >= 4 is 27.3 Å². The van der Waals surface area contributed by atoms with E-state index in [1.54, 1.807) is 11.3 Å². The van der Waals surface area contributed by atoms with E-state index in [0.29, 0.717) is 11.8 Å². The van der Waals surface area contributed by atoms with E-state index in [4.69, 9.17) is 0 Å². The minimum absolute atomic E-state index is 0.610. The van der Waals surface area contributed by atoms with Gasteiger partial charge < -0.3 is 5.32 Å². The fourth-order valence-electron chi connectivity index (χ4n) is 2.42. The minimum Gasteiger partial charge on any atom is -0.316 e. The van der Waals surface area contributed by atoms with Crippen LogP contribution < -0.4 is 5.32 Å². The van der Waals surface area contributed by atoms with Crippen LogP contribution in [0.3, 0.4) is 0 Å². The van der Waals surface area contributed by atoms with Crippen LogP contribution in [0.25, 0.3) is 0 Å². The highest BCUT2D eigenvalue weighted by Gasteiger charge is 2.12.